The Morgan fingerprint density at radius 3 is 2.47 bits per heavy atom. The van der Waals surface area contributed by atoms with E-state index in [9.17, 15) is 4.79 Å². The van der Waals surface area contributed by atoms with E-state index in [1.807, 2.05) is 0 Å². The van der Waals surface area contributed by atoms with Gasteiger partial charge in [0.25, 0.3) is 0 Å². The summed E-state index contributed by atoms with van der Waals surface area (Å²) in [5, 5.41) is 0. The average Bonchev–Trinajstić information content (AvgIpc) is 2.58. The van der Waals surface area contributed by atoms with E-state index in [1.54, 1.807) is 6.92 Å². The van der Waals surface area contributed by atoms with E-state index in [2.05, 4.69) is 36.7 Å². The fourth-order valence-corrected chi connectivity index (χ4v) is 5.27. The lowest BCUT2D eigenvalue weighted by atomic mass is 9.60. The van der Waals surface area contributed by atoms with Crippen molar-refractivity contribution in [2.75, 3.05) is 0 Å². The topological polar surface area (TPSA) is 17.1 Å². The van der Waals surface area contributed by atoms with E-state index < -0.39 is 0 Å². The number of halogens is 1. The maximum Gasteiger partial charge on any atom is 0.133 e. The van der Waals surface area contributed by atoms with Crippen LogP contribution in [0.1, 0.15) is 53.4 Å². The quantitative estimate of drug-likeness (QED) is 0.689. The first-order valence-corrected chi connectivity index (χ1v) is 7.94. The highest BCUT2D eigenvalue weighted by atomic mass is 79.9. The average molecular weight is 301 g/mol. The Morgan fingerprint density at radius 2 is 1.94 bits per heavy atom. The largest absolute Gasteiger partial charge is 0.300 e. The first-order valence-electron chi connectivity index (χ1n) is 7.02. The summed E-state index contributed by atoms with van der Waals surface area (Å²) in [6.45, 7) is 8.86. The molecule has 0 N–H and O–H groups in total. The van der Waals surface area contributed by atoms with E-state index >= 15 is 0 Å². The summed E-state index contributed by atoms with van der Waals surface area (Å²) in [5.74, 6) is 2.81. The Balaban J connectivity index is 2.33. The zero-order chi connectivity index (χ0) is 12.8. The third kappa shape index (κ3) is 2.11. The molecule has 2 aliphatic carbocycles. The van der Waals surface area contributed by atoms with Crippen molar-refractivity contribution in [3.63, 3.8) is 0 Å². The highest BCUT2D eigenvalue weighted by Gasteiger charge is 2.55. The monoisotopic (exact) mass is 300 g/mol. The Hall–Kier alpha value is 0.150. The fourth-order valence-electron chi connectivity index (χ4n) is 4.48. The Labute approximate surface area is 114 Å². The van der Waals surface area contributed by atoms with Gasteiger partial charge in [-0.25, -0.2) is 0 Å². The second kappa shape index (κ2) is 4.68. The van der Waals surface area contributed by atoms with Gasteiger partial charge < -0.3 is 0 Å². The standard InChI is InChI=1S/C15H25BrO/c1-9(2)11-7-8-15(4)13(16)6-5-12(10(3)17)14(11)15/h9,11-14H,5-8H2,1-4H3. The predicted octanol–water partition coefficient (Wildman–Crippen LogP) is 4.44. The SMILES string of the molecule is CC(=O)C1CCC(Br)C2(C)CCC(C(C)C)C12. The lowest BCUT2D eigenvalue weighted by Gasteiger charge is -2.47. The van der Waals surface area contributed by atoms with Crippen LogP contribution in [0.2, 0.25) is 0 Å². The summed E-state index contributed by atoms with van der Waals surface area (Å²) in [4.78, 5) is 12.6. The predicted molar refractivity (Wildman–Crippen MR) is 75.3 cm³/mol. The van der Waals surface area contributed by atoms with Crippen molar-refractivity contribution in [3.05, 3.63) is 0 Å². The molecule has 17 heavy (non-hydrogen) atoms. The van der Waals surface area contributed by atoms with Crippen LogP contribution in [-0.2, 0) is 4.79 Å². The molecule has 0 aromatic rings. The minimum Gasteiger partial charge on any atom is -0.300 e. The van der Waals surface area contributed by atoms with Gasteiger partial charge in [0.15, 0.2) is 0 Å². The van der Waals surface area contributed by atoms with Gasteiger partial charge in [-0.1, -0.05) is 36.7 Å². The summed E-state index contributed by atoms with van der Waals surface area (Å²) in [7, 11) is 0. The zero-order valence-electron chi connectivity index (χ0n) is 11.5. The number of carbonyl (C=O) groups excluding carboxylic acids is 1. The molecular weight excluding hydrogens is 276 g/mol. The first-order chi connectivity index (χ1) is 7.88. The van der Waals surface area contributed by atoms with Gasteiger partial charge >= 0.3 is 0 Å². The number of fused-ring (bicyclic) bond motifs is 1. The van der Waals surface area contributed by atoms with Crippen LogP contribution in [0.15, 0.2) is 0 Å². The molecule has 0 bridgehead atoms. The molecule has 0 amide bonds. The minimum absolute atomic E-state index is 0.323. The summed E-state index contributed by atoms with van der Waals surface area (Å²) in [5.41, 5.74) is 0.351. The van der Waals surface area contributed by atoms with Crippen LogP contribution < -0.4 is 0 Å². The summed E-state index contributed by atoms with van der Waals surface area (Å²) in [6, 6.07) is 0. The first kappa shape index (κ1) is 13.6. The van der Waals surface area contributed by atoms with Crippen molar-refractivity contribution >= 4 is 21.7 Å². The highest BCUT2D eigenvalue weighted by molar-refractivity contribution is 9.09. The zero-order valence-corrected chi connectivity index (χ0v) is 13.1. The normalized spacial score (nSPS) is 46.0. The van der Waals surface area contributed by atoms with E-state index in [1.165, 1.54) is 19.3 Å². The fraction of sp³-hybridized carbons (Fsp3) is 0.933. The molecule has 0 radical (unpaired) electrons. The highest BCUT2D eigenvalue weighted by Crippen LogP contribution is 2.60. The second-order valence-electron chi connectivity index (χ2n) is 6.74. The van der Waals surface area contributed by atoms with Crippen molar-refractivity contribution in [1.29, 1.82) is 0 Å². The van der Waals surface area contributed by atoms with Crippen LogP contribution in [-0.4, -0.2) is 10.6 Å². The van der Waals surface area contributed by atoms with Gasteiger partial charge in [-0.2, -0.15) is 0 Å². The van der Waals surface area contributed by atoms with Crippen LogP contribution in [0, 0.1) is 29.1 Å². The van der Waals surface area contributed by atoms with Gasteiger partial charge in [0.05, 0.1) is 0 Å². The maximum absolute atomic E-state index is 11.9. The lowest BCUT2D eigenvalue weighted by molar-refractivity contribution is -0.126. The van der Waals surface area contributed by atoms with Crippen LogP contribution in [0.4, 0.5) is 0 Å². The third-order valence-corrected chi connectivity index (χ3v) is 7.00. The molecule has 98 valence electrons. The molecule has 0 aliphatic heterocycles. The smallest absolute Gasteiger partial charge is 0.133 e. The molecule has 2 heteroatoms. The van der Waals surface area contributed by atoms with E-state index in [-0.39, 0.29) is 0 Å². The second-order valence-corrected chi connectivity index (χ2v) is 7.85. The van der Waals surface area contributed by atoms with Gasteiger partial charge in [0.2, 0.25) is 0 Å². The van der Waals surface area contributed by atoms with E-state index in [4.69, 9.17) is 0 Å². The molecule has 0 spiro atoms. The van der Waals surface area contributed by atoms with Gasteiger partial charge in [-0.05, 0) is 55.8 Å². The number of Topliss-reactive ketones (excluding diaryl/α,β-unsaturated/α-hetero) is 1. The molecule has 2 aliphatic rings. The van der Waals surface area contributed by atoms with Gasteiger partial charge in [-0.3, -0.25) is 4.79 Å². The van der Waals surface area contributed by atoms with E-state index in [0.29, 0.717) is 33.8 Å². The van der Waals surface area contributed by atoms with Crippen LogP contribution in [0.3, 0.4) is 0 Å². The molecule has 0 aromatic heterocycles. The van der Waals surface area contributed by atoms with Gasteiger partial charge in [-0.15, -0.1) is 0 Å². The lowest BCUT2D eigenvalue weighted by Crippen LogP contribution is -2.45. The van der Waals surface area contributed by atoms with Crippen molar-refractivity contribution < 1.29 is 4.79 Å². The molecule has 5 atom stereocenters. The molecule has 1 nitrogen and oxygen atoms in total. The van der Waals surface area contributed by atoms with Gasteiger partial charge in [0.1, 0.15) is 5.78 Å². The number of hydrogen-bond donors (Lipinski definition) is 0. The van der Waals surface area contributed by atoms with Crippen LogP contribution >= 0.6 is 15.9 Å². The molecule has 0 heterocycles. The maximum atomic E-state index is 11.9. The minimum atomic E-state index is 0.323. The van der Waals surface area contributed by atoms with Crippen molar-refractivity contribution in [2.24, 2.45) is 29.1 Å². The number of rotatable bonds is 2. The number of ketones is 1. The molecule has 0 aromatic carbocycles. The Morgan fingerprint density at radius 1 is 1.29 bits per heavy atom. The summed E-state index contributed by atoms with van der Waals surface area (Å²) >= 11 is 3.89. The third-order valence-electron chi connectivity index (χ3n) is 5.50. The molecule has 2 rings (SSSR count). The molecule has 2 fully saturated rings. The summed E-state index contributed by atoms with van der Waals surface area (Å²) in [6.07, 6.45) is 4.86. The molecule has 2 saturated carbocycles. The van der Waals surface area contributed by atoms with Crippen molar-refractivity contribution in [2.45, 2.75) is 58.2 Å². The van der Waals surface area contributed by atoms with E-state index in [0.717, 1.165) is 12.3 Å². The van der Waals surface area contributed by atoms with Crippen molar-refractivity contribution in [1.82, 2.24) is 0 Å². The number of alkyl halides is 1. The summed E-state index contributed by atoms with van der Waals surface area (Å²) < 4.78 is 0. The van der Waals surface area contributed by atoms with Crippen LogP contribution in [0.5, 0.6) is 0 Å². The number of hydrogen-bond acceptors (Lipinski definition) is 1. The molecule has 5 unspecified atom stereocenters. The Bertz CT molecular complexity index is 312. The molecular formula is C15H25BrO. The van der Waals surface area contributed by atoms with Crippen molar-refractivity contribution in [3.8, 4) is 0 Å². The van der Waals surface area contributed by atoms with Crippen LogP contribution in [0.25, 0.3) is 0 Å². The Kier molecular flexibility index (Phi) is 3.74. The molecule has 0 saturated heterocycles. The number of carbonyl (C=O) groups is 1. The van der Waals surface area contributed by atoms with Gasteiger partial charge in [0, 0.05) is 10.7 Å².